The van der Waals surface area contributed by atoms with E-state index in [1.165, 1.54) is 23.0 Å². The Morgan fingerprint density at radius 2 is 2.06 bits per heavy atom. The number of aromatic nitrogens is 5. The molecule has 0 fully saturated rings. The highest BCUT2D eigenvalue weighted by atomic mass is 32.1. The molecule has 0 atom stereocenters. The molecule has 0 aromatic carbocycles. The predicted octanol–water partition coefficient (Wildman–Crippen LogP) is 3.51. The average Bonchev–Trinajstić information content (AvgIpc) is 3.44. The molecule has 32 heavy (non-hydrogen) atoms. The monoisotopic (exact) mass is 459 g/mol. The van der Waals surface area contributed by atoms with Gasteiger partial charge in [0.15, 0.2) is 0 Å². The van der Waals surface area contributed by atoms with Crippen LogP contribution in [0.1, 0.15) is 44.9 Å². The Balaban J connectivity index is 2.00. The van der Waals surface area contributed by atoms with Gasteiger partial charge in [0.25, 0.3) is 18.2 Å². The summed E-state index contributed by atoms with van der Waals surface area (Å²) in [7, 11) is 1.60. The van der Waals surface area contributed by atoms with E-state index in [9.17, 15) is 18.4 Å². The maximum atomic E-state index is 13.6. The third kappa shape index (κ3) is 3.62. The lowest BCUT2D eigenvalue weighted by atomic mass is 10.0. The van der Waals surface area contributed by atoms with Gasteiger partial charge in [0.1, 0.15) is 21.1 Å². The fourth-order valence-corrected chi connectivity index (χ4v) is 4.47. The summed E-state index contributed by atoms with van der Waals surface area (Å²) in [5.41, 5.74) is 7.05. The largest absolute Gasteiger partial charge is 0.365 e. The van der Waals surface area contributed by atoms with Crippen LogP contribution in [0.3, 0.4) is 0 Å². The van der Waals surface area contributed by atoms with Crippen LogP contribution in [0.4, 0.5) is 14.5 Å². The van der Waals surface area contributed by atoms with Gasteiger partial charge in [0.2, 0.25) is 0 Å². The summed E-state index contributed by atoms with van der Waals surface area (Å²) in [6, 6.07) is 2.77. The average molecular weight is 459 g/mol. The summed E-state index contributed by atoms with van der Waals surface area (Å²) >= 11 is 0.851. The van der Waals surface area contributed by atoms with Gasteiger partial charge in [-0.3, -0.25) is 19.0 Å². The number of alkyl halides is 2. The van der Waals surface area contributed by atoms with Crippen molar-refractivity contribution >= 4 is 39.1 Å². The Kier molecular flexibility index (Phi) is 5.46. The third-order valence-corrected chi connectivity index (χ3v) is 6.08. The second-order valence-electron chi connectivity index (χ2n) is 7.02. The van der Waals surface area contributed by atoms with Crippen molar-refractivity contribution in [2.45, 2.75) is 26.8 Å². The normalized spacial score (nSPS) is 11.4. The van der Waals surface area contributed by atoms with Crippen molar-refractivity contribution in [3.05, 3.63) is 46.5 Å². The molecule has 4 aromatic rings. The van der Waals surface area contributed by atoms with Crippen molar-refractivity contribution in [3.63, 3.8) is 0 Å². The van der Waals surface area contributed by atoms with Gasteiger partial charge < -0.3 is 11.1 Å². The second-order valence-corrected chi connectivity index (χ2v) is 8.02. The molecule has 0 saturated heterocycles. The summed E-state index contributed by atoms with van der Waals surface area (Å²) in [5, 5.41) is 11.4. The number of halogens is 2. The number of nitrogens with one attached hydrogen (secondary N) is 1. The fourth-order valence-electron chi connectivity index (χ4n) is 3.45. The molecule has 0 radical (unpaired) electrons. The zero-order valence-corrected chi connectivity index (χ0v) is 18.2. The van der Waals surface area contributed by atoms with E-state index in [1.54, 1.807) is 24.9 Å². The molecule has 2 amide bonds. The van der Waals surface area contributed by atoms with Gasteiger partial charge in [-0.2, -0.15) is 10.2 Å². The van der Waals surface area contributed by atoms with Crippen molar-refractivity contribution in [2.24, 2.45) is 12.8 Å². The Bertz CT molecular complexity index is 1360. The maximum Gasteiger partial charge on any atom is 0.280 e. The number of thiophene rings is 1. The molecule has 0 aliphatic heterocycles. The number of hydrogen-bond donors (Lipinski definition) is 2. The van der Waals surface area contributed by atoms with E-state index in [0.717, 1.165) is 11.3 Å². The van der Waals surface area contributed by atoms with E-state index in [-0.39, 0.29) is 21.1 Å². The van der Waals surface area contributed by atoms with Crippen molar-refractivity contribution in [2.75, 3.05) is 5.32 Å². The van der Waals surface area contributed by atoms with Gasteiger partial charge in [-0.05, 0) is 31.5 Å². The first-order valence-electron chi connectivity index (χ1n) is 9.60. The Morgan fingerprint density at radius 3 is 2.62 bits per heavy atom. The van der Waals surface area contributed by atoms with Crippen LogP contribution >= 0.6 is 11.3 Å². The first-order chi connectivity index (χ1) is 15.2. The molecule has 0 bridgehead atoms. The minimum Gasteiger partial charge on any atom is -0.365 e. The lowest BCUT2D eigenvalue weighted by Gasteiger charge is -2.10. The number of fused-ring (bicyclic) bond motifs is 1. The Morgan fingerprint density at radius 1 is 1.31 bits per heavy atom. The van der Waals surface area contributed by atoms with Crippen LogP contribution in [0.5, 0.6) is 0 Å². The SMILES string of the molecule is CCn1cc(-c2cc(C(F)F)nc3sc(C(N)=O)c(NC(=O)c4ccnn4C)c23)c(C)n1. The van der Waals surface area contributed by atoms with Crippen LogP contribution < -0.4 is 11.1 Å². The highest BCUT2D eigenvalue weighted by Gasteiger charge is 2.26. The topological polar surface area (TPSA) is 121 Å². The summed E-state index contributed by atoms with van der Waals surface area (Å²) in [5.74, 6) is -1.34. The first kappa shape index (κ1) is 21.6. The first-order valence-corrected chi connectivity index (χ1v) is 10.4. The molecule has 0 aliphatic carbocycles. The maximum absolute atomic E-state index is 13.6. The molecule has 0 saturated carbocycles. The quantitative estimate of drug-likeness (QED) is 0.457. The molecule has 4 aromatic heterocycles. The Hall–Kier alpha value is -3.67. The summed E-state index contributed by atoms with van der Waals surface area (Å²) in [6.45, 7) is 4.24. The molecule has 4 heterocycles. The van der Waals surface area contributed by atoms with Crippen LogP contribution in [-0.2, 0) is 13.6 Å². The van der Waals surface area contributed by atoms with Gasteiger partial charge in [-0.25, -0.2) is 13.8 Å². The number of hydrogen-bond acceptors (Lipinski definition) is 6. The van der Waals surface area contributed by atoms with Crippen LogP contribution in [0.15, 0.2) is 24.5 Å². The molecule has 4 rings (SSSR count). The number of nitrogens with zero attached hydrogens (tertiary/aromatic N) is 5. The highest BCUT2D eigenvalue weighted by Crippen LogP contribution is 2.43. The van der Waals surface area contributed by atoms with Crippen LogP contribution in [-0.4, -0.2) is 36.4 Å². The van der Waals surface area contributed by atoms with Crippen molar-refractivity contribution in [1.82, 2.24) is 24.5 Å². The van der Waals surface area contributed by atoms with Crippen molar-refractivity contribution < 1.29 is 18.4 Å². The van der Waals surface area contributed by atoms with Crippen LogP contribution in [0, 0.1) is 6.92 Å². The standard InChI is InChI=1S/C20H19F2N7O2S/c1-4-29-8-11(9(2)27-29)10-7-12(17(21)22)25-20-14(10)15(16(32-20)18(23)30)26-19(31)13-5-6-24-28(13)3/h5-8,17H,4H2,1-3H3,(H2,23,30)(H,26,31). The zero-order valence-electron chi connectivity index (χ0n) is 17.4. The van der Waals surface area contributed by atoms with Gasteiger partial charge in [-0.15, -0.1) is 11.3 Å². The number of carbonyl (C=O) groups is 2. The lowest BCUT2D eigenvalue weighted by molar-refractivity contribution is 0.100. The fraction of sp³-hybridized carbons (Fsp3) is 0.250. The van der Waals surface area contributed by atoms with E-state index < -0.39 is 23.9 Å². The van der Waals surface area contributed by atoms with Crippen LogP contribution in [0.25, 0.3) is 21.3 Å². The molecule has 0 aliphatic rings. The number of amides is 2. The van der Waals surface area contributed by atoms with Gasteiger partial charge in [-0.1, -0.05) is 0 Å². The van der Waals surface area contributed by atoms with Gasteiger partial charge >= 0.3 is 0 Å². The summed E-state index contributed by atoms with van der Waals surface area (Å²) in [6.07, 6.45) is 0.361. The van der Waals surface area contributed by atoms with E-state index in [4.69, 9.17) is 5.73 Å². The van der Waals surface area contributed by atoms with E-state index in [2.05, 4.69) is 20.5 Å². The van der Waals surface area contributed by atoms with E-state index in [0.29, 0.717) is 28.8 Å². The number of primary amides is 1. The van der Waals surface area contributed by atoms with Crippen LogP contribution in [0.2, 0.25) is 0 Å². The van der Waals surface area contributed by atoms with Crippen molar-refractivity contribution in [3.8, 4) is 11.1 Å². The molecular weight excluding hydrogens is 440 g/mol. The number of pyridine rings is 1. The minimum absolute atomic E-state index is 0.0104. The Labute approximate surface area is 184 Å². The van der Waals surface area contributed by atoms with E-state index in [1.807, 2.05) is 6.92 Å². The number of aryl methyl sites for hydroxylation is 3. The third-order valence-electron chi connectivity index (χ3n) is 4.98. The number of rotatable bonds is 6. The van der Waals surface area contributed by atoms with E-state index >= 15 is 0 Å². The molecule has 0 spiro atoms. The minimum atomic E-state index is -2.83. The number of nitrogens with two attached hydrogens (primary N) is 1. The van der Waals surface area contributed by atoms with Crippen molar-refractivity contribution in [1.29, 1.82) is 0 Å². The predicted molar refractivity (Wildman–Crippen MR) is 116 cm³/mol. The number of carbonyl (C=O) groups excluding carboxylic acids is 2. The van der Waals surface area contributed by atoms with Gasteiger partial charge in [0, 0.05) is 36.9 Å². The zero-order chi connectivity index (χ0) is 23.2. The lowest BCUT2D eigenvalue weighted by Crippen LogP contribution is -2.19. The molecular formula is C20H19F2N7O2S. The number of anilines is 1. The molecule has 9 nitrogen and oxygen atoms in total. The molecule has 166 valence electrons. The smallest absolute Gasteiger partial charge is 0.280 e. The summed E-state index contributed by atoms with van der Waals surface area (Å²) in [4.78, 5) is 29.3. The second kappa shape index (κ2) is 8.11. The molecule has 0 unspecified atom stereocenters. The summed E-state index contributed by atoms with van der Waals surface area (Å²) < 4.78 is 30.3. The molecule has 3 N–H and O–H groups in total. The molecule has 12 heteroatoms. The highest BCUT2D eigenvalue weighted by molar-refractivity contribution is 7.21. The van der Waals surface area contributed by atoms with Gasteiger partial charge in [0.05, 0.1) is 11.4 Å².